The van der Waals surface area contributed by atoms with Crippen LogP contribution in [0.3, 0.4) is 0 Å². The first-order valence-electron chi connectivity index (χ1n) is 5.93. The Labute approximate surface area is 99.7 Å². The SMILES string of the molecule is O=C(NCCCC1CC1)c1ccc(F)cc1O. The first kappa shape index (κ1) is 11.9. The Balaban J connectivity index is 1.81. The van der Waals surface area contributed by atoms with Crippen LogP contribution in [0.4, 0.5) is 4.39 Å². The number of phenols is 1. The Morgan fingerprint density at radius 1 is 1.47 bits per heavy atom. The first-order valence-corrected chi connectivity index (χ1v) is 5.93. The number of aromatic hydroxyl groups is 1. The van der Waals surface area contributed by atoms with Gasteiger partial charge >= 0.3 is 0 Å². The molecule has 1 aliphatic carbocycles. The van der Waals surface area contributed by atoms with Gasteiger partial charge in [-0.1, -0.05) is 12.8 Å². The van der Waals surface area contributed by atoms with Gasteiger partial charge in [0.15, 0.2) is 0 Å². The fourth-order valence-electron chi connectivity index (χ4n) is 1.79. The first-order chi connectivity index (χ1) is 8.16. The fraction of sp³-hybridized carbons (Fsp3) is 0.462. The molecule has 0 bridgehead atoms. The molecular weight excluding hydrogens is 221 g/mol. The minimum absolute atomic E-state index is 0.123. The second-order valence-corrected chi connectivity index (χ2v) is 4.50. The van der Waals surface area contributed by atoms with Gasteiger partial charge in [0.05, 0.1) is 5.56 Å². The summed E-state index contributed by atoms with van der Waals surface area (Å²) < 4.78 is 12.7. The zero-order chi connectivity index (χ0) is 12.3. The van der Waals surface area contributed by atoms with Crippen LogP contribution in [0.1, 0.15) is 36.0 Å². The lowest BCUT2D eigenvalue weighted by atomic mass is 10.1. The molecule has 0 atom stereocenters. The lowest BCUT2D eigenvalue weighted by Crippen LogP contribution is -2.24. The predicted octanol–water partition coefficient (Wildman–Crippen LogP) is 2.45. The highest BCUT2D eigenvalue weighted by Gasteiger charge is 2.20. The van der Waals surface area contributed by atoms with Crippen molar-refractivity contribution in [2.24, 2.45) is 5.92 Å². The van der Waals surface area contributed by atoms with Crippen LogP contribution in [0, 0.1) is 11.7 Å². The maximum atomic E-state index is 12.7. The number of amides is 1. The maximum absolute atomic E-state index is 12.7. The molecule has 92 valence electrons. The van der Waals surface area contributed by atoms with Crippen molar-refractivity contribution in [2.75, 3.05) is 6.54 Å². The van der Waals surface area contributed by atoms with Crippen molar-refractivity contribution in [3.8, 4) is 5.75 Å². The third-order valence-corrected chi connectivity index (χ3v) is 2.98. The van der Waals surface area contributed by atoms with Crippen LogP contribution >= 0.6 is 0 Å². The van der Waals surface area contributed by atoms with E-state index in [1.54, 1.807) is 0 Å². The lowest BCUT2D eigenvalue weighted by molar-refractivity contribution is 0.0950. The van der Waals surface area contributed by atoms with E-state index in [0.717, 1.165) is 24.8 Å². The van der Waals surface area contributed by atoms with Gasteiger partial charge in [-0.25, -0.2) is 4.39 Å². The molecule has 2 N–H and O–H groups in total. The molecule has 0 aliphatic heterocycles. The van der Waals surface area contributed by atoms with E-state index in [9.17, 15) is 14.3 Å². The minimum Gasteiger partial charge on any atom is -0.507 e. The molecule has 1 saturated carbocycles. The van der Waals surface area contributed by atoms with Gasteiger partial charge in [0, 0.05) is 12.6 Å². The molecule has 1 amide bonds. The number of benzene rings is 1. The summed E-state index contributed by atoms with van der Waals surface area (Å²) in [6.45, 7) is 0.603. The van der Waals surface area contributed by atoms with Crippen molar-refractivity contribution in [3.05, 3.63) is 29.6 Å². The zero-order valence-electron chi connectivity index (χ0n) is 9.58. The van der Waals surface area contributed by atoms with Crippen LogP contribution in [0.5, 0.6) is 5.75 Å². The summed E-state index contributed by atoms with van der Waals surface area (Å²) in [7, 11) is 0. The van der Waals surface area contributed by atoms with Crippen molar-refractivity contribution in [3.63, 3.8) is 0 Å². The quantitative estimate of drug-likeness (QED) is 0.773. The van der Waals surface area contributed by atoms with E-state index in [4.69, 9.17) is 0 Å². The average molecular weight is 237 g/mol. The summed E-state index contributed by atoms with van der Waals surface area (Å²) in [6.07, 6.45) is 4.73. The molecule has 1 aromatic rings. The Morgan fingerprint density at radius 3 is 2.88 bits per heavy atom. The van der Waals surface area contributed by atoms with Gasteiger partial charge in [0.2, 0.25) is 0 Å². The molecule has 4 heteroatoms. The highest BCUT2D eigenvalue weighted by atomic mass is 19.1. The van der Waals surface area contributed by atoms with E-state index in [2.05, 4.69) is 5.32 Å². The monoisotopic (exact) mass is 237 g/mol. The number of halogens is 1. The van der Waals surface area contributed by atoms with E-state index < -0.39 is 5.82 Å². The minimum atomic E-state index is -0.548. The molecule has 0 unspecified atom stereocenters. The van der Waals surface area contributed by atoms with Gasteiger partial charge < -0.3 is 10.4 Å². The maximum Gasteiger partial charge on any atom is 0.255 e. The molecule has 3 nitrogen and oxygen atoms in total. The number of nitrogens with one attached hydrogen (secondary N) is 1. The predicted molar refractivity (Wildman–Crippen MR) is 62.4 cm³/mol. The normalized spacial score (nSPS) is 14.6. The summed E-state index contributed by atoms with van der Waals surface area (Å²) in [5.41, 5.74) is 0.123. The number of carbonyl (C=O) groups is 1. The molecule has 1 fully saturated rings. The highest BCUT2D eigenvalue weighted by molar-refractivity contribution is 5.96. The molecule has 0 aromatic heterocycles. The molecule has 0 radical (unpaired) electrons. The van der Waals surface area contributed by atoms with E-state index >= 15 is 0 Å². The molecule has 0 heterocycles. The van der Waals surface area contributed by atoms with E-state index in [1.807, 2.05) is 0 Å². The Morgan fingerprint density at radius 2 is 2.24 bits per heavy atom. The largest absolute Gasteiger partial charge is 0.507 e. The molecule has 17 heavy (non-hydrogen) atoms. The number of hydrogen-bond donors (Lipinski definition) is 2. The second-order valence-electron chi connectivity index (χ2n) is 4.50. The van der Waals surface area contributed by atoms with Crippen molar-refractivity contribution >= 4 is 5.91 Å². The lowest BCUT2D eigenvalue weighted by Gasteiger charge is -2.06. The molecule has 1 aliphatic rings. The number of phenolic OH excluding ortho intramolecular Hbond substituents is 1. The van der Waals surface area contributed by atoms with Crippen LogP contribution in [0.2, 0.25) is 0 Å². The van der Waals surface area contributed by atoms with Gasteiger partial charge in [-0.05, 0) is 30.9 Å². The van der Waals surface area contributed by atoms with Gasteiger partial charge in [0.25, 0.3) is 5.91 Å². The third kappa shape index (κ3) is 3.44. The third-order valence-electron chi connectivity index (χ3n) is 2.98. The molecule has 0 saturated heterocycles. The molecular formula is C13H16FNO2. The van der Waals surface area contributed by atoms with E-state index in [0.29, 0.717) is 6.54 Å². The van der Waals surface area contributed by atoms with Crippen LogP contribution in [-0.4, -0.2) is 17.6 Å². The second kappa shape index (κ2) is 5.17. The summed E-state index contributed by atoms with van der Waals surface area (Å²) in [6, 6.07) is 3.40. The standard InChI is InChI=1S/C13H16FNO2/c14-10-5-6-11(12(16)8-10)13(17)15-7-1-2-9-3-4-9/h5-6,8-9,16H,1-4,7H2,(H,15,17). The molecule has 2 rings (SSSR count). The summed E-state index contributed by atoms with van der Waals surface area (Å²) in [5.74, 6) is -0.359. The number of rotatable bonds is 5. The van der Waals surface area contributed by atoms with Crippen LogP contribution < -0.4 is 5.32 Å². The van der Waals surface area contributed by atoms with Crippen molar-refractivity contribution in [1.82, 2.24) is 5.32 Å². The zero-order valence-corrected chi connectivity index (χ0v) is 9.58. The average Bonchev–Trinajstić information content (AvgIpc) is 3.08. The van der Waals surface area contributed by atoms with Crippen molar-refractivity contribution < 1.29 is 14.3 Å². The smallest absolute Gasteiger partial charge is 0.255 e. The highest BCUT2D eigenvalue weighted by Crippen LogP contribution is 2.33. The van der Waals surface area contributed by atoms with Gasteiger partial charge in [-0.3, -0.25) is 4.79 Å². The number of carbonyl (C=O) groups excluding carboxylic acids is 1. The van der Waals surface area contributed by atoms with Crippen LogP contribution in [-0.2, 0) is 0 Å². The molecule has 0 spiro atoms. The van der Waals surface area contributed by atoms with Crippen molar-refractivity contribution in [2.45, 2.75) is 25.7 Å². The molecule has 1 aromatic carbocycles. The van der Waals surface area contributed by atoms with Crippen molar-refractivity contribution in [1.29, 1.82) is 0 Å². The van der Waals surface area contributed by atoms with Crippen LogP contribution in [0.15, 0.2) is 18.2 Å². The Bertz CT molecular complexity index is 416. The summed E-state index contributed by atoms with van der Waals surface area (Å²) in [4.78, 5) is 11.6. The van der Waals surface area contributed by atoms with E-state index in [1.165, 1.54) is 25.0 Å². The van der Waals surface area contributed by atoms with Gasteiger partial charge in [-0.15, -0.1) is 0 Å². The summed E-state index contributed by atoms with van der Waals surface area (Å²) in [5, 5.41) is 12.1. The van der Waals surface area contributed by atoms with Crippen LogP contribution in [0.25, 0.3) is 0 Å². The Hall–Kier alpha value is -1.58. The Kier molecular flexibility index (Phi) is 3.61. The fourth-order valence-corrected chi connectivity index (χ4v) is 1.79. The van der Waals surface area contributed by atoms with E-state index in [-0.39, 0.29) is 17.2 Å². The summed E-state index contributed by atoms with van der Waals surface area (Å²) >= 11 is 0. The topological polar surface area (TPSA) is 49.3 Å². The van der Waals surface area contributed by atoms with Gasteiger partial charge in [-0.2, -0.15) is 0 Å². The van der Waals surface area contributed by atoms with Gasteiger partial charge in [0.1, 0.15) is 11.6 Å². The number of hydrogen-bond acceptors (Lipinski definition) is 2.